The minimum atomic E-state index is -4.89. The first-order valence-corrected chi connectivity index (χ1v) is 10.9. The Labute approximate surface area is 210 Å². The minimum Gasteiger partial charge on any atom is -0.306 e. The standard InChI is InChI=1S/C26H22F5N3O.CH3F/c1-3-4-5-7-10-17(2)22-16-23(34(33-22)21-11-8-6-9-12-21)32-25(35)19-13-18(24(27)28)14-20(15-19)26(29,30)31;1-2/h3-6,8-16,24H,1,7H2,2H3,(H,32,35);1H3/b5-4-,17-10+;. The van der Waals surface area contributed by atoms with Crippen LogP contribution in [0.2, 0.25) is 0 Å². The van der Waals surface area contributed by atoms with E-state index in [-0.39, 0.29) is 5.82 Å². The number of rotatable bonds is 8. The molecule has 0 bridgehead atoms. The Morgan fingerprint density at radius 2 is 1.78 bits per heavy atom. The number of carbonyl (C=O) groups is 1. The SMILES string of the molecule is C=C/C=C\C/C=C(\C)c1cc(NC(=O)c2cc(C(F)F)cc(C(F)(F)F)c2)n(-c2ccccc2)n1.CF. The average molecular weight is 522 g/mol. The first kappa shape index (κ1) is 29.2. The number of nitrogens with one attached hydrogen (secondary N) is 1. The summed E-state index contributed by atoms with van der Waals surface area (Å²) in [4.78, 5) is 12.9. The molecule has 4 nitrogen and oxygen atoms in total. The lowest BCUT2D eigenvalue weighted by Crippen LogP contribution is -2.17. The molecule has 0 unspecified atom stereocenters. The van der Waals surface area contributed by atoms with Crippen LogP contribution in [0.15, 0.2) is 85.5 Å². The molecule has 1 aromatic heterocycles. The van der Waals surface area contributed by atoms with Crippen LogP contribution < -0.4 is 5.32 Å². The Kier molecular flexibility index (Phi) is 10.5. The highest BCUT2D eigenvalue weighted by Crippen LogP contribution is 2.33. The van der Waals surface area contributed by atoms with Crippen LogP contribution in [0.25, 0.3) is 11.3 Å². The number of nitrogens with zero attached hydrogens (tertiary/aromatic N) is 2. The number of hydrogen-bond donors (Lipinski definition) is 1. The molecular formula is C27H25F6N3O. The molecule has 3 rings (SSSR count). The number of benzene rings is 2. The van der Waals surface area contributed by atoms with Gasteiger partial charge in [0, 0.05) is 17.2 Å². The summed E-state index contributed by atoms with van der Waals surface area (Å²) in [6, 6.07) is 12.0. The van der Waals surface area contributed by atoms with Crippen LogP contribution in [-0.4, -0.2) is 22.9 Å². The van der Waals surface area contributed by atoms with Crippen LogP contribution in [0, 0.1) is 0 Å². The zero-order valence-corrected chi connectivity index (χ0v) is 20.1. The number of carbonyl (C=O) groups excluding carboxylic acids is 1. The van der Waals surface area contributed by atoms with E-state index >= 15 is 0 Å². The van der Waals surface area contributed by atoms with Crippen molar-refractivity contribution in [1.82, 2.24) is 9.78 Å². The molecule has 0 saturated heterocycles. The van der Waals surface area contributed by atoms with Gasteiger partial charge in [-0.05, 0) is 49.2 Å². The van der Waals surface area contributed by atoms with Crippen LogP contribution in [0.3, 0.4) is 0 Å². The molecule has 0 aliphatic rings. The molecule has 0 saturated carbocycles. The van der Waals surface area contributed by atoms with Crippen molar-refractivity contribution in [3.8, 4) is 5.69 Å². The quantitative estimate of drug-likeness (QED) is 0.240. The maximum absolute atomic E-state index is 13.2. The van der Waals surface area contributed by atoms with E-state index in [0.29, 0.717) is 37.1 Å². The van der Waals surface area contributed by atoms with Crippen LogP contribution in [0.5, 0.6) is 0 Å². The predicted molar refractivity (Wildman–Crippen MR) is 133 cm³/mol. The van der Waals surface area contributed by atoms with Crippen molar-refractivity contribution in [3.63, 3.8) is 0 Å². The van der Waals surface area contributed by atoms with Crippen LogP contribution in [0.4, 0.5) is 32.2 Å². The summed E-state index contributed by atoms with van der Waals surface area (Å²) in [5.41, 5.74) is -0.862. The Hall–Kier alpha value is -4.08. The number of hydrogen-bond acceptors (Lipinski definition) is 2. The molecule has 37 heavy (non-hydrogen) atoms. The van der Waals surface area contributed by atoms with Crippen molar-refractivity contribution in [2.75, 3.05) is 12.5 Å². The van der Waals surface area contributed by atoms with E-state index in [1.807, 2.05) is 19.1 Å². The number of aromatic nitrogens is 2. The topological polar surface area (TPSA) is 46.9 Å². The molecule has 0 fully saturated rings. The van der Waals surface area contributed by atoms with E-state index in [1.54, 1.807) is 48.6 Å². The second kappa shape index (κ2) is 13.3. The first-order chi connectivity index (χ1) is 17.6. The lowest BCUT2D eigenvalue weighted by molar-refractivity contribution is -0.137. The van der Waals surface area contributed by atoms with E-state index in [2.05, 4.69) is 17.0 Å². The maximum Gasteiger partial charge on any atom is 0.416 e. The zero-order chi connectivity index (χ0) is 27.6. The molecule has 10 heteroatoms. The molecule has 0 atom stereocenters. The van der Waals surface area contributed by atoms with Crippen molar-refractivity contribution >= 4 is 17.3 Å². The van der Waals surface area contributed by atoms with Gasteiger partial charge in [-0.15, -0.1) is 0 Å². The normalized spacial score (nSPS) is 11.9. The fourth-order valence-electron chi connectivity index (χ4n) is 3.21. The van der Waals surface area contributed by atoms with Crippen molar-refractivity contribution in [3.05, 3.63) is 108 Å². The number of amides is 1. The third-order valence-electron chi connectivity index (χ3n) is 4.98. The Balaban J connectivity index is 0.00000235. The molecule has 3 aromatic rings. The van der Waals surface area contributed by atoms with Crippen LogP contribution in [-0.2, 0) is 6.18 Å². The highest BCUT2D eigenvalue weighted by atomic mass is 19.4. The van der Waals surface area contributed by atoms with Crippen molar-refractivity contribution in [1.29, 1.82) is 0 Å². The number of alkyl halides is 6. The summed E-state index contributed by atoms with van der Waals surface area (Å²) in [6.07, 6.45) is -0.214. The lowest BCUT2D eigenvalue weighted by Gasteiger charge is -2.13. The highest BCUT2D eigenvalue weighted by molar-refractivity contribution is 6.04. The monoisotopic (exact) mass is 521 g/mol. The van der Waals surface area contributed by atoms with Crippen molar-refractivity contribution < 1.29 is 31.1 Å². The Bertz CT molecular complexity index is 1260. The molecule has 2 aromatic carbocycles. The summed E-state index contributed by atoms with van der Waals surface area (Å²) >= 11 is 0. The molecular weight excluding hydrogens is 496 g/mol. The van der Waals surface area contributed by atoms with E-state index in [1.165, 1.54) is 4.68 Å². The summed E-state index contributed by atoms with van der Waals surface area (Å²) in [5, 5.41) is 7.03. The van der Waals surface area contributed by atoms with Gasteiger partial charge in [0.15, 0.2) is 0 Å². The van der Waals surface area contributed by atoms with E-state index < -0.39 is 35.2 Å². The Morgan fingerprint density at radius 3 is 2.38 bits per heavy atom. The van der Waals surface area contributed by atoms with Crippen LogP contribution in [0.1, 0.15) is 46.9 Å². The maximum atomic E-state index is 13.2. The van der Waals surface area contributed by atoms with Crippen LogP contribution >= 0.6 is 0 Å². The zero-order valence-electron chi connectivity index (χ0n) is 20.1. The third kappa shape index (κ3) is 7.96. The number of anilines is 1. The van der Waals surface area contributed by atoms with E-state index in [4.69, 9.17) is 0 Å². The van der Waals surface area contributed by atoms with Gasteiger partial charge >= 0.3 is 6.18 Å². The lowest BCUT2D eigenvalue weighted by atomic mass is 10.0. The number of allylic oxidation sites excluding steroid dienone is 5. The fourth-order valence-corrected chi connectivity index (χ4v) is 3.21. The van der Waals surface area contributed by atoms with Gasteiger partial charge in [-0.2, -0.15) is 18.3 Å². The van der Waals surface area contributed by atoms with E-state index in [0.717, 1.165) is 11.6 Å². The molecule has 1 amide bonds. The van der Waals surface area contributed by atoms with Gasteiger partial charge < -0.3 is 5.32 Å². The fraction of sp³-hybridized carbons (Fsp3) is 0.185. The summed E-state index contributed by atoms with van der Waals surface area (Å²) in [6.45, 7) is 5.43. The average Bonchev–Trinajstić information content (AvgIpc) is 3.31. The molecule has 0 radical (unpaired) electrons. The summed E-state index contributed by atoms with van der Waals surface area (Å²) in [7, 11) is 0.500. The largest absolute Gasteiger partial charge is 0.416 e. The summed E-state index contributed by atoms with van der Waals surface area (Å²) in [5.74, 6) is -0.807. The van der Waals surface area contributed by atoms with E-state index in [9.17, 15) is 31.1 Å². The second-order valence-corrected chi connectivity index (χ2v) is 7.55. The van der Waals surface area contributed by atoms with Gasteiger partial charge in [-0.25, -0.2) is 13.5 Å². The van der Waals surface area contributed by atoms with Crippen molar-refractivity contribution in [2.24, 2.45) is 0 Å². The second-order valence-electron chi connectivity index (χ2n) is 7.55. The molecule has 0 spiro atoms. The van der Waals surface area contributed by atoms with Gasteiger partial charge in [-0.3, -0.25) is 9.18 Å². The molecule has 0 aliphatic carbocycles. The van der Waals surface area contributed by atoms with Gasteiger partial charge in [0.25, 0.3) is 12.3 Å². The molecule has 0 aliphatic heterocycles. The van der Waals surface area contributed by atoms with Gasteiger partial charge in [0.2, 0.25) is 0 Å². The predicted octanol–water partition coefficient (Wildman–Crippen LogP) is 8.20. The van der Waals surface area contributed by atoms with Gasteiger partial charge in [0.1, 0.15) is 5.82 Å². The summed E-state index contributed by atoms with van der Waals surface area (Å²) < 4.78 is 77.0. The first-order valence-electron chi connectivity index (χ1n) is 10.9. The van der Waals surface area contributed by atoms with Gasteiger partial charge in [0.05, 0.1) is 24.1 Å². The minimum absolute atomic E-state index is 0.168. The number of halogens is 6. The third-order valence-corrected chi connectivity index (χ3v) is 4.98. The smallest absolute Gasteiger partial charge is 0.306 e. The number of para-hydroxylation sites is 1. The van der Waals surface area contributed by atoms with Crippen molar-refractivity contribution in [2.45, 2.75) is 25.9 Å². The molecule has 196 valence electrons. The molecule has 1 heterocycles. The van der Waals surface area contributed by atoms with Gasteiger partial charge in [-0.1, -0.05) is 49.1 Å². The Morgan fingerprint density at radius 1 is 1.11 bits per heavy atom. The molecule has 1 N–H and O–H groups in total. The highest BCUT2D eigenvalue weighted by Gasteiger charge is 2.32.